The second-order valence-corrected chi connectivity index (χ2v) is 2.46. The molecule has 0 aromatic rings. The molecule has 0 bridgehead atoms. The largest absolute Gasteiger partial charge is 0.103 e. The predicted octanol–water partition coefficient (Wildman–Crippen LogP) is 3.33. The van der Waals surface area contributed by atoms with Crippen molar-refractivity contribution in [3.63, 3.8) is 0 Å². The van der Waals surface area contributed by atoms with Crippen LogP contribution in [0.25, 0.3) is 0 Å². The first-order valence-corrected chi connectivity index (χ1v) is 3.71. The van der Waals surface area contributed by atoms with Crippen molar-refractivity contribution in [3.8, 4) is 0 Å². The van der Waals surface area contributed by atoms with Gasteiger partial charge in [-0.1, -0.05) is 37.8 Å². The number of allylic oxidation sites excluding steroid dienone is 4. The molecule has 0 N–H and O–H groups in total. The first-order chi connectivity index (χ1) is 4.81. The van der Waals surface area contributed by atoms with E-state index in [4.69, 9.17) is 0 Å². The van der Waals surface area contributed by atoms with Crippen LogP contribution in [-0.2, 0) is 0 Å². The van der Waals surface area contributed by atoms with Gasteiger partial charge in [0, 0.05) is 0 Å². The maximum atomic E-state index is 3.67. The molecule has 0 spiro atoms. The third-order valence-electron chi connectivity index (χ3n) is 1.40. The first kappa shape index (κ1) is 9.22. The van der Waals surface area contributed by atoms with Crippen molar-refractivity contribution in [2.75, 3.05) is 0 Å². The maximum absolute atomic E-state index is 3.67. The van der Waals surface area contributed by atoms with E-state index in [1.54, 1.807) is 0 Å². The van der Waals surface area contributed by atoms with Gasteiger partial charge in [-0.2, -0.15) is 0 Å². The lowest BCUT2D eigenvalue weighted by Gasteiger charge is -2.00. The Hall–Kier alpha value is -0.780. The molecule has 0 aromatic carbocycles. The molecular formula is C10H16. The Morgan fingerprint density at radius 3 is 2.60 bits per heavy atom. The fourth-order valence-corrected chi connectivity index (χ4v) is 0.745. The molecule has 0 fully saturated rings. The Labute approximate surface area is 64.0 Å². The molecule has 1 unspecified atom stereocenters. The molecule has 0 amide bonds. The average molecular weight is 136 g/mol. The van der Waals surface area contributed by atoms with Crippen LogP contribution in [0.2, 0.25) is 0 Å². The summed E-state index contributed by atoms with van der Waals surface area (Å²) in [6.07, 6.45) is 10.2. The SMILES string of the molecule is C=CC=CC(C)CCC=C. The normalized spacial score (nSPS) is 13.3. The van der Waals surface area contributed by atoms with Crippen LogP contribution in [0.1, 0.15) is 19.8 Å². The van der Waals surface area contributed by atoms with Gasteiger partial charge >= 0.3 is 0 Å². The van der Waals surface area contributed by atoms with Crippen LogP contribution >= 0.6 is 0 Å². The predicted molar refractivity (Wildman–Crippen MR) is 47.9 cm³/mol. The summed E-state index contributed by atoms with van der Waals surface area (Å²) in [5, 5.41) is 0. The first-order valence-electron chi connectivity index (χ1n) is 3.71. The van der Waals surface area contributed by atoms with Gasteiger partial charge in [-0.3, -0.25) is 0 Å². The Bertz CT molecular complexity index is 120. The van der Waals surface area contributed by atoms with Crippen LogP contribution in [0.5, 0.6) is 0 Å². The van der Waals surface area contributed by atoms with Gasteiger partial charge < -0.3 is 0 Å². The van der Waals surface area contributed by atoms with E-state index in [9.17, 15) is 0 Å². The molecule has 0 aliphatic heterocycles. The van der Waals surface area contributed by atoms with Crippen molar-refractivity contribution in [3.05, 3.63) is 37.5 Å². The highest BCUT2D eigenvalue weighted by atomic mass is 14.0. The molecule has 0 heterocycles. The molecule has 0 aliphatic carbocycles. The molecule has 0 radical (unpaired) electrons. The number of hydrogen-bond acceptors (Lipinski definition) is 0. The molecule has 0 aromatic heterocycles. The van der Waals surface area contributed by atoms with Gasteiger partial charge in [-0.15, -0.1) is 6.58 Å². The van der Waals surface area contributed by atoms with Crippen molar-refractivity contribution < 1.29 is 0 Å². The molecule has 10 heavy (non-hydrogen) atoms. The molecule has 0 saturated heterocycles. The van der Waals surface area contributed by atoms with Crippen molar-refractivity contribution in [1.29, 1.82) is 0 Å². The molecule has 0 nitrogen and oxygen atoms in total. The van der Waals surface area contributed by atoms with E-state index in [0.29, 0.717) is 5.92 Å². The summed E-state index contributed by atoms with van der Waals surface area (Å²) in [4.78, 5) is 0. The molecule has 1 atom stereocenters. The zero-order valence-corrected chi connectivity index (χ0v) is 6.72. The van der Waals surface area contributed by atoms with Crippen LogP contribution < -0.4 is 0 Å². The lowest BCUT2D eigenvalue weighted by molar-refractivity contribution is 0.658. The van der Waals surface area contributed by atoms with Gasteiger partial charge in [0.2, 0.25) is 0 Å². The fraction of sp³-hybridized carbons (Fsp3) is 0.400. The van der Waals surface area contributed by atoms with E-state index in [0.717, 1.165) is 6.42 Å². The van der Waals surface area contributed by atoms with E-state index < -0.39 is 0 Å². The van der Waals surface area contributed by atoms with Crippen LogP contribution in [0.3, 0.4) is 0 Å². The molecule has 0 heteroatoms. The van der Waals surface area contributed by atoms with Crippen LogP contribution in [0, 0.1) is 5.92 Å². The van der Waals surface area contributed by atoms with E-state index >= 15 is 0 Å². The molecule has 56 valence electrons. The number of rotatable bonds is 5. The second-order valence-electron chi connectivity index (χ2n) is 2.46. The summed E-state index contributed by atoms with van der Waals surface area (Å²) in [6.45, 7) is 9.47. The van der Waals surface area contributed by atoms with E-state index in [-0.39, 0.29) is 0 Å². The minimum Gasteiger partial charge on any atom is -0.103 e. The summed E-state index contributed by atoms with van der Waals surface area (Å²) in [7, 11) is 0. The molecule has 0 rings (SSSR count). The van der Waals surface area contributed by atoms with Crippen molar-refractivity contribution in [1.82, 2.24) is 0 Å². The van der Waals surface area contributed by atoms with Gasteiger partial charge in [0.1, 0.15) is 0 Å². The lowest BCUT2D eigenvalue weighted by Crippen LogP contribution is -1.86. The maximum Gasteiger partial charge on any atom is -0.0256 e. The zero-order valence-electron chi connectivity index (χ0n) is 6.72. The monoisotopic (exact) mass is 136 g/mol. The van der Waals surface area contributed by atoms with Crippen LogP contribution in [0.15, 0.2) is 37.5 Å². The van der Waals surface area contributed by atoms with Crippen molar-refractivity contribution >= 4 is 0 Å². The van der Waals surface area contributed by atoms with Gasteiger partial charge in [-0.25, -0.2) is 0 Å². The van der Waals surface area contributed by atoms with Gasteiger partial charge in [0.15, 0.2) is 0 Å². The van der Waals surface area contributed by atoms with Crippen molar-refractivity contribution in [2.45, 2.75) is 19.8 Å². The van der Waals surface area contributed by atoms with E-state index in [2.05, 4.69) is 26.2 Å². The van der Waals surface area contributed by atoms with Crippen molar-refractivity contribution in [2.24, 2.45) is 5.92 Å². The molecule has 0 aliphatic rings. The summed E-state index contributed by atoms with van der Waals surface area (Å²) in [6, 6.07) is 0. The highest BCUT2D eigenvalue weighted by Crippen LogP contribution is 2.06. The van der Waals surface area contributed by atoms with Gasteiger partial charge in [-0.05, 0) is 18.8 Å². The summed E-state index contributed by atoms with van der Waals surface area (Å²) >= 11 is 0. The minimum absolute atomic E-state index is 0.649. The Morgan fingerprint density at radius 1 is 1.40 bits per heavy atom. The topological polar surface area (TPSA) is 0 Å². The smallest absolute Gasteiger partial charge is 0.0256 e. The number of hydrogen-bond donors (Lipinski definition) is 0. The van der Waals surface area contributed by atoms with Gasteiger partial charge in [0.25, 0.3) is 0 Å². The fourth-order valence-electron chi connectivity index (χ4n) is 0.745. The second kappa shape index (κ2) is 6.34. The quantitative estimate of drug-likeness (QED) is 0.401. The summed E-state index contributed by atoms with van der Waals surface area (Å²) in [5.41, 5.74) is 0. The molecule has 0 saturated carbocycles. The standard InChI is InChI=1S/C10H16/c1-4-6-8-10(3)9-7-5-2/h4-6,8,10H,1-2,7,9H2,3H3. The Balaban J connectivity index is 3.41. The van der Waals surface area contributed by atoms with E-state index in [1.165, 1.54) is 6.42 Å². The molecular weight excluding hydrogens is 120 g/mol. The van der Waals surface area contributed by atoms with Crippen LogP contribution in [0.4, 0.5) is 0 Å². The third kappa shape index (κ3) is 5.36. The zero-order chi connectivity index (χ0) is 7.82. The lowest BCUT2D eigenvalue weighted by atomic mass is 10.1. The summed E-state index contributed by atoms with van der Waals surface area (Å²) in [5.74, 6) is 0.649. The summed E-state index contributed by atoms with van der Waals surface area (Å²) < 4.78 is 0. The van der Waals surface area contributed by atoms with E-state index in [1.807, 2.05) is 18.2 Å². The van der Waals surface area contributed by atoms with Crippen LogP contribution in [-0.4, -0.2) is 0 Å². The third-order valence-corrected chi connectivity index (χ3v) is 1.40. The highest BCUT2D eigenvalue weighted by molar-refractivity contribution is 4.99. The Kier molecular flexibility index (Phi) is 5.85. The average Bonchev–Trinajstić information content (AvgIpc) is 1.97. The Morgan fingerprint density at radius 2 is 2.10 bits per heavy atom. The van der Waals surface area contributed by atoms with Gasteiger partial charge in [0.05, 0.1) is 0 Å². The highest BCUT2D eigenvalue weighted by Gasteiger charge is 1.91. The minimum atomic E-state index is 0.649.